The Morgan fingerprint density at radius 3 is 2.84 bits per heavy atom. The summed E-state index contributed by atoms with van der Waals surface area (Å²) in [6, 6.07) is 10.9. The number of pyridine rings is 1. The van der Waals surface area contributed by atoms with Crippen LogP contribution in [0.15, 0.2) is 53.5 Å². The summed E-state index contributed by atoms with van der Waals surface area (Å²) < 4.78 is 6.52. The summed E-state index contributed by atoms with van der Waals surface area (Å²) >= 11 is 0. The maximum Gasteiger partial charge on any atom is 0.313 e. The summed E-state index contributed by atoms with van der Waals surface area (Å²) in [4.78, 5) is 39.6. The van der Waals surface area contributed by atoms with Gasteiger partial charge in [0, 0.05) is 24.2 Å². The van der Waals surface area contributed by atoms with Gasteiger partial charge in [0.1, 0.15) is 5.65 Å². The van der Waals surface area contributed by atoms with Crippen LogP contribution in [0.25, 0.3) is 5.65 Å². The molecular formula is C17H11N3O5. The van der Waals surface area contributed by atoms with Gasteiger partial charge in [0.2, 0.25) is 5.88 Å². The highest BCUT2D eigenvalue weighted by atomic mass is 16.6. The average Bonchev–Trinajstić information content (AvgIpc) is 2.61. The van der Waals surface area contributed by atoms with E-state index in [0.29, 0.717) is 11.2 Å². The molecule has 0 radical (unpaired) electrons. The van der Waals surface area contributed by atoms with Gasteiger partial charge in [-0.3, -0.25) is 24.1 Å². The SMILES string of the molecule is O=C1C[C@H](c2cccc([N+](=O)[O-])c2)c2c(nc3ccccn3c2=O)O1. The van der Waals surface area contributed by atoms with Crippen LogP contribution >= 0.6 is 0 Å². The van der Waals surface area contributed by atoms with Crippen LogP contribution in [-0.2, 0) is 4.79 Å². The zero-order chi connectivity index (χ0) is 17.6. The number of hydrogen-bond acceptors (Lipinski definition) is 6. The van der Waals surface area contributed by atoms with Crippen molar-refractivity contribution in [3.05, 3.63) is 80.3 Å². The molecule has 8 heteroatoms. The number of carbonyl (C=O) groups excluding carboxylic acids is 1. The third-order valence-corrected chi connectivity index (χ3v) is 4.15. The number of nitro groups is 1. The van der Waals surface area contributed by atoms with Crippen molar-refractivity contribution < 1.29 is 14.5 Å². The molecule has 1 aliphatic rings. The first kappa shape index (κ1) is 15.0. The van der Waals surface area contributed by atoms with Crippen LogP contribution < -0.4 is 10.3 Å². The highest BCUT2D eigenvalue weighted by molar-refractivity contribution is 5.77. The fraction of sp³-hybridized carbons (Fsp3) is 0.118. The van der Waals surface area contributed by atoms with Gasteiger partial charge < -0.3 is 4.74 Å². The number of benzene rings is 1. The van der Waals surface area contributed by atoms with Crippen molar-refractivity contribution in [2.45, 2.75) is 12.3 Å². The highest BCUT2D eigenvalue weighted by Crippen LogP contribution is 2.36. The minimum Gasteiger partial charge on any atom is -0.407 e. The van der Waals surface area contributed by atoms with Crippen LogP contribution in [0.3, 0.4) is 0 Å². The number of hydrogen-bond donors (Lipinski definition) is 0. The number of fused-ring (bicyclic) bond motifs is 2. The lowest BCUT2D eigenvalue weighted by atomic mass is 9.88. The molecule has 0 aliphatic carbocycles. The van der Waals surface area contributed by atoms with Gasteiger partial charge in [-0.05, 0) is 17.7 Å². The maximum atomic E-state index is 12.9. The first-order valence-electron chi connectivity index (χ1n) is 7.51. The Kier molecular flexibility index (Phi) is 3.31. The van der Waals surface area contributed by atoms with Crippen LogP contribution in [0.1, 0.15) is 23.5 Å². The van der Waals surface area contributed by atoms with E-state index in [1.54, 1.807) is 30.5 Å². The number of nitro benzene ring substituents is 1. The molecule has 2 aromatic heterocycles. The van der Waals surface area contributed by atoms with Crippen LogP contribution in [0.2, 0.25) is 0 Å². The topological polar surface area (TPSA) is 104 Å². The Balaban J connectivity index is 1.97. The van der Waals surface area contributed by atoms with Crippen molar-refractivity contribution in [2.75, 3.05) is 0 Å². The number of non-ortho nitro benzene ring substituents is 1. The van der Waals surface area contributed by atoms with Gasteiger partial charge in [-0.2, -0.15) is 4.98 Å². The molecule has 0 spiro atoms. The molecule has 0 fully saturated rings. The molecule has 1 atom stereocenters. The van der Waals surface area contributed by atoms with E-state index < -0.39 is 16.8 Å². The van der Waals surface area contributed by atoms with Gasteiger partial charge in [-0.1, -0.05) is 18.2 Å². The predicted octanol–water partition coefficient (Wildman–Crippen LogP) is 2.04. The third kappa shape index (κ3) is 2.44. The molecule has 3 heterocycles. The molecule has 0 bridgehead atoms. The summed E-state index contributed by atoms with van der Waals surface area (Å²) in [6.45, 7) is 0. The second-order valence-electron chi connectivity index (χ2n) is 5.65. The highest BCUT2D eigenvalue weighted by Gasteiger charge is 2.33. The normalized spacial score (nSPS) is 16.3. The molecule has 3 aromatic rings. The number of rotatable bonds is 2. The van der Waals surface area contributed by atoms with Gasteiger partial charge in [0.15, 0.2) is 0 Å². The summed E-state index contributed by atoms with van der Waals surface area (Å²) in [6.07, 6.45) is 1.50. The second kappa shape index (κ2) is 5.52. The van der Waals surface area contributed by atoms with Crippen molar-refractivity contribution in [3.8, 4) is 5.88 Å². The lowest BCUT2D eigenvalue weighted by Gasteiger charge is -2.23. The molecular weight excluding hydrogens is 326 g/mol. The van der Waals surface area contributed by atoms with Crippen molar-refractivity contribution in [1.29, 1.82) is 0 Å². The van der Waals surface area contributed by atoms with E-state index in [4.69, 9.17) is 4.74 Å². The number of carbonyl (C=O) groups is 1. The molecule has 1 aromatic carbocycles. The first-order valence-corrected chi connectivity index (χ1v) is 7.51. The Bertz CT molecular complexity index is 1090. The maximum absolute atomic E-state index is 12.9. The van der Waals surface area contributed by atoms with E-state index >= 15 is 0 Å². The first-order chi connectivity index (χ1) is 12.0. The Hall–Kier alpha value is -3.55. The quantitative estimate of drug-likeness (QED) is 0.403. The largest absolute Gasteiger partial charge is 0.407 e. The Morgan fingerprint density at radius 2 is 2.04 bits per heavy atom. The minimum absolute atomic E-state index is 0.0380. The van der Waals surface area contributed by atoms with Crippen LogP contribution in [0.5, 0.6) is 5.88 Å². The summed E-state index contributed by atoms with van der Waals surface area (Å²) in [5.41, 5.74) is 0.626. The summed E-state index contributed by atoms with van der Waals surface area (Å²) in [5, 5.41) is 11.0. The Labute approximate surface area is 140 Å². The van der Waals surface area contributed by atoms with E-state index in [1.807, 2.05) is 0 Å². The Morgan fingerprint density at radius 1 is 1.20 bits per heavy atom. The molecule has 0 unspecified atom stereocenters. The van der Waals surface area contributed by atoms with Gasteiger partial charge in [0.05, 0.1) is 16.9 Å². The van der Waals surface area contributed by atoms with Gasteiger partial charge in [0.25, 0.3) is 11.2 Å². The molecule has 1 aliphatic heterocycles. The molecule has 25 heavy (non-hydrogen) atoms. The molecule has 124 valence electrons. The number of ether oxygens (including phenoxy) is 1. The van der Waals surface area contributed by atoms with E-state index in [9.17, 15) is 19.7 Å². The lowest BCUT2D eigenvalue weighted by molar-refractivity contribution is -0.384. The third-order valence-electron chi connectivity index (χ3n) is 4.15. The van der Waals surface area contributed by atoms with E-state index in [2.05, 4.69) is 4.98 Å². The van der Waals surface area contributed by atoms with Crippen LogP contribution in [0.4, 0.5) is 5.69 Å². The van der Waals surface area contributed by atoms with Crippen molar-refractivity contribution in [3.63, 3.8) is 0 Å². The second-order valence-corrected chi connectivity index (χ2v) is 5.65. The standard InChI is InChI=1S/C17H11N3O5/c21-14-9-12(10-4-3-5-11(8-10)20(23)24)15-16(25-14)18-13-6-1-2-7-19(13)17(15)22/h1-8,12H,9H2/t12-/m1/s1. The van der Waals surface area contributed by atoms with Crippen molar-refractivity contribution >= 4 is 17.3 Å². The van der Waals surface area contributed by atoms with Crippen molar-refractivity contribution in [2.24, 2.45) is 0 Å². The zero-order valence-corrected chi connectivity index (χ0v) is 12.8. The fourth-order valence-electron chi connectivity index (χ4n) is 3.02. The minimum atomic E-state index is -0.645. The number of aromatic nitrogens is 2. The number of nitrogens with zero attached hydrogens (tertiary/aromatic N) is 3. The van der Waals surface area contributed by atoms with Crippen LogP contribution in [0, 0.1) is 10.1 Å². The zero-order valence-electron chi connectivity index (χ0n) is 12.8. The van der Waals surface area contributed by atoms with E-state index in [-0.39, 0.29) is 29.1 Å². The van der Waals surface area contributed by atoms with Crippen molar-refractivity contribution in [1.82, 2.24) is 9.38 Å². The summed E-state index contributed by atoms with van der Waals surface area (Å²) in [5.74, 6) is -1.21. The fourth-order valence-corrected chi connectivity index (χ4v) is 3.02. The van der Waals surface area contributed by atoms with E-state index in [1.165, 1.54) is 22.6 Å². The lowest BCUT2D eigenvalue weighted by Crippen LogP contribution is -2.31. The molecule has 0 saturated carbocycles. The smallest absolute Gasteiger partial charge is 0.313 e. The van der Waals surface area contributed by atoms with Gasteiger partial charge >= 0.3 is 5.97 Å². The van der Waals surface area contributed by atoms with Gasteiger partial charge in [-0.25, -0.2) is 0 Å². The van der Waals surface area contributed by atoms with Gasteiger partial charge in [-0.15, -0.1) is 0 Å². The monoisotopic (exact) mass is 337 g/mol. The molecule has 4 rings (SSSR count). The number of esters is 1. The molecule has 0 saturated heterocycles. The summed E-state index contributed by atoms with van der Waals surface area (Å²) in [7, 11) is 0. The molecule has 0 amide bonds. The van der Waals surface area contributed by atoms with Crippen LogP contribution in [-0.4, -0.2) is 20.3 Å². The molecule has 8 nitrogen and oxygen atoms in total. The molecule has 0 N–H and O–H groups in total. The average molecular weight is 337 g/mol. The predicted molar refractivity (Wildman–Crippen MR) is 86.7 cm³/mol. The van der Waals surface area contributed by atoms with E-state index in [0.717, 1.165) is 0 Å².